The molecule has 2 aliphatic rings. The second kappa shape index (κ2) is 16.5. The number of benzene rings is 1. The Kier molecular flexibility index (Phi) is 14.4. The van der Waals surface area contributed by atoms with E-state index < -0.39 is 0 Å². The highest BCUT2D eigenvalue weighted by molar-refractivity contribution is 8.14. The van der Waals surface area contributed by atoms with Crippen LogP contribution in [0.3, 0.4) is 0 Å². The number of rotatable bonds is 8. The maximum Gasteiger partial charge on any atom is 0.290 e. The molecule has 0 spiro atoms. The molecule has 0 saturated heterocycles. The molecule has 32 heavy (non-hydrogen) atoms. The van der Waals surface area contributed by atoms with Gasteiger partial charge < -0.3 is 15.2 Å². The van der Waals surface area contributed by atoms with Crippen molar-refractivity contribution in [1.29, 1.82) is 0 Å². The number of hydrogen-bond donors (Lipinski definition) is 2. The standard InChI is InChI=1S/C22H29FN2OS.C2H6.CH2O2/c1-3-17-6-4-5-7-20(12-17)26-14-22-25-19(15-27-22)10-11-24-21-13-18(23)9-8-16(21)2;1-2;2-1-3/h4-9,13,17,19-20,24H,3,10-12,14-15H2,1-2H3;1-2H3;1H,(H,2,3). The lowest BCUT2D eigenvalue weighted by molar-refractivity contribution is -0.122. The first-order valence-corrected chi connectivity index (χ1v) is 12.3. The highest BCUT2D eigenvalue weighted by Gasteiger charge is 2.20. The Morgan fingerprint density at radius 2 is 2.03 bits per heavy atom. The number of thioether (sulfide) groups is 1. The summed E-state index contributed by atoms with van der Waals surface area (Å²) >= 11 is 1.80. The fourth-order valence-corrected chi connectivity index (χ4v) is 4.33. The second-order valence-corrected chi connectivity index (χ2v) is 8.38. The molecule has 1 heterocycles. The molecule has 5 nitrogen and oxygen atoms in total. The van der Waals surface area contributed by atoms with Crippen molar-refractivity contribution in [3.8, 4) is 0 Å². The third-order valence-corrected chi connectivity index (χ3v) is 6.17. The first kappa shape index (κ1) is 27.9. The van der Waals surface area contributed by atoms with Crippen LogP contribution in [0.4, 0.5) is 10.1 Å². The van der Waals surface area contributed by atoms with E-state index in [1.165, 1.54) is 6.07 Å². The van der Waals surface area contributed by atoms with Gasteiger partial charge >= 0.3 is 0 Å². The quantitative estimate of drug-likeness (QED) is 0.455. The van der Waals surface area contributed by atoms with E-state index >= 15 is 0 Å². The molecule has 0 radical (unpaired) electrons. The zero-order valence-corrected chi connectivity index (χ0v) is 20.4. The van der Waals surface area contributed by atoms with Crippen molar-refractivity contribution in [2.75, 3.05) is 24.2 Å². The van der Waals surface area contributed by atoms with Gasteiger partial charge in [0.2, 0.25) is 0 Å². The molecule has 3 unspecified atom stereocenters. The van der Waals surface area contributed by atoms with Crippen molar-refractivity contribution >= 4 is 29.0 Å². The molecule has 3 atom stereocenters. The third-order valence-electron chi connectivity index (χ3n) is 5.06. The molecule has 0 bridgehead atoms. The van der Waals surface area contributed by atoms with Crippen molar-refractivity contribution in [1.82, 2.24) is 0 Å². The van der Waals surface area contributed by atoms with Gasteiger partial charge in [0.05, 0.1) is 23.8 Å². The number of halogens is 1. The molecule has 2 N–H and O–H groups in total. The van der Waals surface area contributed by atoms with Gasteiger partial charge in [-0.1, -0.05) is 51.1 Å². The number of carbonyl (C=O) groups is 1. The lowest BCUT2D eigenvalue weighted by Gasteiger charge is -2.17. The Hall–Kier alpha value is -2.12. The molecular formula is C25H37FN2O3S. The van der Waals surface area contributed by atoms with Crippen LogP contribution in [-0.2, 0) is 9.53 Å². The average molecular weight is 465 g/mol. The van der Waals surface area contributed by atoms with Crippen LogP contribution >= 0.6 is 11.8 Å². The van der Waals surface area contributed by atoms with E-state index in [-0.39, 0.29) is 18.4 Å². The Labute approximate surface area is 196 Å². The second-order valence-electron chi connectivity index (χ2n) is 7.29. The molecule has 3 rings (SSSR count). The topological polar surface area (TPSA) is 70.9 Å². The molecule has 0 saturated carbocycles. The van der Waals surface area contributed by atoms with E-state index in [0.29, 0.717) is 18.6 Å². The van der Waals surface area contributed by atoms with Crippen molar-refractivity contribution in [3.05, 3.63) is 53.9 Å². The minimum Gasteiger partial charge on any atom is -0.483 e. The summed E-state index contributed by atoms with van der Waals surface area (Å²) < 4.78 is 19.4. The van der Waals surface area contributed by atoms with Crippen LogP contribution in [0, 0.1) is 18.7 Å². The van der Waals surface area contributed by atoms with Crippen LogP contribution in [0.5, 0.6) is 0 Å². The number of aryl methyl sites for hydroxylation is 1. The van der Waals surface area contributed by atoms with Gasteiger partial charge in [-0.2, -0.15) is 0 Å². The van der Waals surface area contributed by atoms with E-state index in [9.17, 15) is 4.39 Å². The van der Waals surface area contributed by atoms with Crippen molar-refractivity contribution in [3.63, 3.8) is 0 Å². The lowest BCUT2D eigenvalue weighted by atomic mass is 10.00. The van der Waals surface area contributed by atoms with Crippen molar-refractivity contribution in [2.24, 2.45) is 10.9 Å². The highest BCUT2D eigenvalue weighted by atomic mass is 32.2. The first-order valence-electron chi connectivity index (χ1n) is 11.3. The van der Waals surface area contributed by atoms with E-state index in [0.717, 1.165) is 47.9 Å². The number of nitrogens with zero attached hydrogens (tertiary/aromatic N) is 1. The van der Waals surface area contributed by atoms with Gasteiger partial charge in [0.15, 0.2) is 0 Å². The molecule has 1 aliphatic carbocycles. The van der Waals surface area contributed by atoms with Gasteiger partial charge in [-0.25, -0.2) is 4.39 Å². The maximum atomic E-state index is 13.3. The Bertz CT molecular complexity index is 768. The lowest BCUT2D eigenvalue weighted by Crippen LogP contribution is -2.17. The van der Waals surface area contributed by atoms with Crippen LogP contribution < -0.4 is 5.32 Å². The number of allylic oxidation sites excluding steroid dienone is 3. The van der Waals surface area contributed by atoms with Crippen LogP contribution in [-0.4, -0.2) is 47.7 Å². The third kappa shape index (κ3) is 10.5. The van der Waals surface area contributed by atoms with Crippen molar-refractivity contribution < 1.29 is 19.0 Å². The number of carboxylic acid groups (broad SMARTS) is 1. The summed E-state index contributed by atoms with van der Waals surface area (Å²) in [4.78, 5) is 13.2. The van der Waals surface area contributed by atoms with Crippen molar-refractivity contribution in [2.45, 2.75) is 59.1 Å². The molecule has 178 valence electrons. The summed E-state index contributed by atoms with van der Waals surface area (Å²) in [5.74, 6) is 1.39. The molecule has 0 fully saturated rings. The number of anilines is 1. The average Bonchev–Trinajstić information content (AvgIpc) is 3.12. The summed E-state index contributed by atoms with van der Waals surface area (Å²) in [6.45, 7) is 9.35. The summed E-state index contributed by atoms with van der Waals surface area (Å²) in [6.07, 6.45) is 11.9. The molecule has 1 aromatic carbocycles. The summed E-state index contributed by atoms with van der Waals surface area (Å²) in [5.41, 5.74) is 1.93. The SMILES string of the molecule is CC.CCC1C=CC=CC(OCC2=NC(CCNc3cc(F)ccc3C)CS2)C1.O=CO. The summed E-state index contributed by atoms with van der Waals surface area (Å²) in [7, 11) is 0. The summed E-state index contributed by atoms with van der Waals surface area (Å²) in [6, 6.07) is 5.16. The van der Waals surface area contributed by atoms with Gasteiger partial charge in [0, 0.05) is 18.0 Å². The van der Waals surface area contributed by atoms with Crippen LogP contribution in [0.15, 0.2) is 47.5 Å². The largest absolute Gasteiger partial charge is 0.483 e. The van der Waals surface area contributed by atoms with Gasteiger partial charge in [0.1, 0.15) is 5.82 Å². The zero-order chi connectivity index (χ0) is 23.8. The molecule has 1 aliphatic heterocycles. The predicted molar refractivity (Wildman–Crippen MR) is 134 cm³/mol. The van der Waals surface area contributed by atoms with E-state index in [4.69, 9.17) is 19.6 Å². The van der Waals surface area contributed by atoms with Gasteiger partial charge in [-0.3, -0.25) is 9.79 Å². The fraction of sp³-hybridized carbons (Fsp3) is 0.520. The number of aliphatic imine (C=N–C) groups is 1. The number of ether oxygens (including phenoxy) is 1. The predicted octanol–water partition coefficient (Wildman–Crippen LogP) is 6.10. The van der Waals surface area contributed by atoms with Crippen LogP contribution in [0.1, 0.15) is 45.6 Å². The van der Waals surface area contributed by atoms with Crippen LogP contribution in [0.25, 0.3) is 0 Å². The smallest absolute Gasteiger partial charge is 0.290 e. The molecule has 7 heteroatoms. The zero-order valence-electron chi connectivity index (χ0n) is 19.6. The Morgan fingerprint density at radius 3 is 2.75 bits per heavy atom. The van der Waals surface area contributed by atoms with Gasteiger partial charge in [0.25, 0.3) is 6.47 Å². The monoisotopic (exact) mass is 464 g/mol. The Balaban J connectivity index is 0.000000944. The van der Waals surface area contributed by atoms with Gasteiger partial charge in [-0.05, 0) is 49.8 Å². The Morgan fingerprint density at radius 1 is 1.31 bits per heavy atom. The van der Waals surface area contributed by atoms with E-state index in [2.05, 4.69) is 36.5 Å². The van der Waals surface area contributed by atoms with Gasteiger partial charge in [-0.15, -0.1) is 11.8 Å². The number of nitrogens with one attached hydrogen (secondary N) is 1. The minimum atomic E-state index is -0.250. The first-order chi connectivity index (χ1) is 15.5. The normalized spacial score (nSPS) is 21.4. The van der Waals surface area contributed by atoms with E-state index in [1.807, 2.05) is 20.8 Å². The molecule has 0 amide bonds. The number of hydrogen-bond acceptors (Lipinski definition) is 5. The minimum absolute atomic E-state index is 0.171. The maximum absolute atomic E-state index is 13.3. The van der Waals surface area contributed by atoms with E-state index in [1.54, 1.807) is 23.9 Å². The molecular weight excluding hydrogens is 427 g/mol. The molecule has 0 aromatic heterocycles. The fourth-order valence-electron chi connectivity index (χ4n) is 3.33. The highest BCUT2D eigenvalue weighted by Crippen LogP contribution is 2.24. The van der Waals surface area contributed by atoms with Crippen LogP contribution in [0.2, 0.25) is 0 Å². The molecule has 1 aromatic rings. The summed E-state index contributed by atoms with van der Waals surface area (Å²) in [5, 5.41) is 11.3.